The first-order valence-corrected chi connectivity index (χ1v) is 10.9. The van der Waals surface area contributed by atoms with Crippen molar-refractivity contribution in [1.82, 2.24) is 34.7 Å². The van der Waals surface area contributed by atoms with E-state index in [4.69, 9.17) is 5.10 Å². The van der Waals surface area contributed by atoms with Crippen LogP contribution in [-0.4, -0.2) is 54.7 Å². The molecular weight excluding hydrogens is 433 g/mol. The maximum atomic E-state index is 14.7. The number of hydrogen-bond donors (Lipinski definition) is 0. The van der Waals surface area contributed by atoms with Crippen LogP contribution in [0.25, 0.3) is 27.9 Å². The Hall–Kier alpha value is -4.27. The second kappa shape index (κ2) is 7.38. The predicted molar refractivity (Wildman–Crippen MR) is 124 cm³/mol. The van der Waals surface area contributed by atoms with Crippen LogP contribution in [0.4, 0.5) is 4.39 Å². The summed E-state index contributed by atoms with van der Waals surface area (Å²) in [5.74, 6) is 0.0887. The van der Waals surface area contributed by atoms with Crippen molar-refractivity contribution in [3.05, 3.63) is 83.7 Å². The van der Waals surface area contributed by atoms with Gasteiger partial charge in [0.2, 0.25) is 0 Å². The Labute approximate surface area is 194 Å². The van der Waals surface area contributed by atoms with Gasteiger partial charge in [-0.25, -0.2) is 9.37 Å². The summed E-state index contributed by atoms with van der Waals surface area (Å²) in [5.41, 5.74) is 2.76. The Kier molecular flexibility index (Phi) is 4.41. The van der Waals surface area contributed by atoms with Gasteiger partial charge in [-0.15, -0.1) is 10.2 Å². The van der Waals surface area contributed by atoms with Crippen molar-refractivity contribution in [2.45, 2.75) is 18.3 Å². The molecule has 6 rings (SSSR count). The first-order valence-electron chi connectivity index (χ1n) is 10.9. The summed E-state index contributed by atoms with van der Waals surface area (Å²) in [6, 6.07) is 14.7. The standard InChI is InChI=1S/C25H20FN7O/c1-32(2)22(34)18-7-5-16(13-19(18)26)21-14-28-24-30-29-23(33(24)31-21)25(9-10-25)17-6-8-20-15(12-17)4-3-11-27-20/h3-8,11-14H,9-10H2,1-2H3. The third-order valence-electron chi connectivity index (χ3n) is 6.37. The van der Waals surface area contributed by atoms with Crippen molar-refractivity contribution in [2.75, 3.05) is 14.1 Å². The van der Waals surface area contributed by atoms with E-state index >= 15 is 0 Å². The smallest absolute Gasteiger partial charge is 0.271 e. The molecular formula is C25H20FN7O. The fourth-order valence-electron chi connectivity index (χ4n) is 4.36. The van der Waals surface area contributed by atoms with E-state index in [2.05, 4.69) is 32.3 Å². The minimum Gasteiger partial charge on any atom is -0.345 e. The predicted octanol–water partition coefficient (Wildman–Crippen LogP) is 3.66. The summed E-state index contributed by atoms with van der Waals surface area (Å²) in [7, 11) is 3.17. The van der Waals surface area contributed by atoms with E-state index in [0.717, 1.165) is 29.3 Å². The lowest BCUT2D eigenvalue weighted by atomic mass is 9.94. The Morgan fingerprint density at radius 1 is 1.06 bits per heavy atom. The van der Waals surface area contributed by atoms with E-state index in [1.165, 1.54) is 23.2 Å². The number of rotatable bonds is 4. The second-order valence-corrected chi connectivity index (χ2v) is 8.77. The van der Waals surface area contributed by atoms with Crippen LogP contribution in [-0.2, 0) is 5.41 Å². The molecule has 1 saturated carbocycles. The Morgan fingerprint density at radius 2 is 1.91 bits per heavy atom. The zero-order valence-electron chi connectivity index (χ0n) is 18.6. The van der Waals surface area contributed by atoms with Crippen LogP contribution < -0.4 is 0 Å². The van der Waals surface area contributed by atoms with Crippen LogP contribution >= 0.6 is 0 Å². The minimum absolute atomic E-state index is 0.00972. The lowest BCUT2D eigenvalue weighted by molar-refractivity contribution is 0.0823. The minimum atomic E-state index is -0.606. The SMILES string of the molecule is CN(C)C(=O)c1ccc(-c2cnc3nnc(C4(c5ccc6ncccc6c5)CC4)n3n2)cc1F. The molecule has 1 aliphatic rings. The van der Waals surface area contributed by atoms with Gasteiger partial charge in [-0.3, -0.25) is 9.78 Å². The molecule has 1 amide bonds. The Balaban J connectivity index is 1.42. The molecule has 0 radical (unpaired) electrons. The van der Waals surface area contributed by atoms with Crippen LogP contribution in [0.1, 0.15) is 34.6 Å². The highest BCUT2D eigenvalue weighted by Gasteiger charge is 2.50. The first-order chi connectivity index (χ1) is 16.5. The zero-order chi connectivity index (χ0) is 23.4. The summed E-state index contributed by atoms with van der Waals surface area (Å²) in [6.45, 7) is 0. The van der Waals surface area contributed by atoms with E-state index < -0.39 is 11.7 Å². The number of amides is 1. The van der Waals surface area contributed by atoms with Crippen LogP contribution in [0.3, 0.4) is 0 Å². The molecule has 0 saturated heterocycles. The van der Waals surface area contributed by atoms with Crippen molar-refractivity contribution in [2.24, 2.45) is 0 Å². The van der Waals surface area contributed by atoms with Gasteiger partial charge in [-0.1, -0.05) is 18.2 Å². The highest BCUT2D eigenvalue weighted by molar-refractivity contribution is 5.94. The topological polar surface area (TPSA) is 89.2 Å². The molecule has 0 unspecified atom stereocenters. The van der Waals surface area contributed by atoms with Gasteiger partial charge in [0.25, 0.3) is 11.7 Å². The summed E-state index contributed by atoms with van der Waals surface area (Å²) >= 11 is 0. The highest BCUT2D eigenvalue weighted by atomic mass is 19.1. The van der Waals surface area contributed by atoms with Gasteiger partial charge in [0.15, 0.2) is 5.82 Å². The second-order valence-electron chi connectivity index (χ2n) is 8.77. The fourth-order valence-corrected chi connectivity index (χ4v) is 4.36. The van der Waals surface area contributed by atoms with Crippen LogP contribution in [0, 0.1) is 5.82 Å². The van der Waals surface area contributed by atoms with Gasteiger partial charge >= 0.3 is 0 Å². The van der Waals surface area contributed by atoms with E-state index in [0.29, 0.717) is 22.9 Å². The van der Waals surface area contributed by atoms with Crippen LogP contribution in [0.15, 0.2) is 60.9 Å². The monoisotopic (exact) mass is 453 g/mol. The number of nitrogens with zero attached hydrogens (tertiary/aromatic N) is 7. The molecule has 0 N–H and O–H groups in total. The number of carbonyl (C=O) groups is 1. The van der Waals surface area contributed by atoms with Crippen LogP contribution in [0.5, 0.6) is 0 Å². The lowest BCUT2D eigenvalue weighted by Crippen LogP contribution is -2.22. The van der Waals surface area contributed by atoms with Gasteiger partial charge in [0.1, 0.15) is 11.5 Å². The molecule has 0 spiro atoms. The zero-order valence-corrected chi connectivity index (χ0v) is 18.6. The fraction of sp³-hybridized carbons (Fsp3) is 0.200. The van der Waals surface area contributed by atoms with E-state index in [-0.39, 0.29) is 11.0 Å². The maximum Gasteiger partial charge on any atom is 0.271 e. The summed E-state index contributed by atoms with van der Waals surface area (Å²) in [5, 5.41) is 14.4. The maximum absolute atomic E-state index is 14.7. The average Bonchev–Trinajstić information content (AvgIpc) is 3.55. The number of pyridine rings is 1. The number of benzene rings is 2. The number of carbonyl (C=O) groups excluding carboxylic acids is 1. The molecule has 34 heavy (non-hydrogen) atoms. The molecule has 5 aromatic rings. The van der Waals surface area contributed by atoms with Gasteiger partial charge in [0.05, 0.1) is 22.7 Å². The summed E-state index contributed by atoms with van der Waals surface area (Å²) in [6.07, 6.45) is 5.16. The van der Waals surface area contributed by atoms with E-state index in [9.17, 15) is 9.18 Å². The largest absolute Gasteiger partial charge is 0.345 e. The van der Waals surface area contributed by atoms with Gasteiger partial charge < -0.3 is 4.90 Å². The number of halogens is 1. The van der Waals surface area contributed by atoms with Gasteiger partial charge in [-0.05, 0) is 48.7 Å². The molecule has 0 bridgehead atoms. The molecule has 2 aromatic carbocycles. The molecule has 8 nitrogen and oxygen atoms in total. The molecule has 9 heteroatoms. The van der Waals surface area contributed by atoms with Gasteiger partial charge in [-0.2, -0.15) is 9.61 Å². The number of aromatic nitrogens is 6. The highest BCUT2D eigenvalue weighted by Crippen LogP contribution is 2.53. The van der Waals surface area contributed by atoms with Crippen molar-refractivity contribution in [3.8, 4) is 11.3 Å². The normalized spacial score (nSPS) is 14.4. The molecule has 1 fully saturated rings. The third kappa shape index (κ3) is 3.12. The molecule has 3 heterocycles. The quantitative estimate of drug-likeness (QED) is 0.413. The van der Waals surface area contributed by atoms with Crippen molar-refractivity contribution in [1.29, 1.82) is 0 Å². The number of fused-ring (bicyclic) bond motifs is 2. The first kappa shape index (κ1) is 20.3. The van der Waals surface area contributed by atoms with Crippen molar-refractivity contribution in [3.63, 3.8) is 0 Å². The Bertz CT molecular complexity index is 1590. The van der Waals surface area contributed by atoms with Crippen LogP contribution in [0.2, 0.25) is 0 Å². The molecule has 0 aliphatic heterocycles. The summed E-state index contributed by atoms with van der Waals surface area (Å²) in [4.78, 5) is 22.3. The van der Waals surface area contributed by atoms with E-state index in [1.54, 1.807) is 30.9 Å². The van der Waals surface area contributed by atoms with Crippen molar-refractivity contribution < 1.29 is 9.18 Å². The van der Waals surface area contributed by atoms with E-state index in [1.807, 2.05) is 18.2 Å². The number of hydrogen-bond acceptors (Lipinski definition) is 6. The molecule has 0 atom stereocenters. The molecule has 1 aliphatic carbocycles. The third-order valence-corrected chi connectivity index (χ3v) is 6.37. The summed E-state index contributed by atoms with van der Waals surface area (Å²) < 4.78 is 16.3. The van der Waals surface area contributed by atoms with Crippen molar-refractivity contribution >= 4 is 22.6 Å². The molecule has 3 aromatic heterocycles. The Morgan fingerprint density at radius 3 is 2.68 bits per heavy atom. The lowest BCUT2D eigenvalue weighted by Gasteiger charge is -2.14. The van der Waals surface area contributed by atoms with Gasteiger partial charge in [0, 0.05) is 31.2 Å². The molecule has 168 valence electrons. The average molecular weight is 453 g/mol.